The Hall–Kier alpha value is -1.79. The maximum Gasteiger partial charge on any atom is 0.275 e. The van der Waals surface area contributed by atoms with E-state index >= 15 is 0 Å². The molecule has 1 aliphatic heterocycles. The lowest BCUT2D eigenvalue weighted by Gasteiger charge is -2.36. The molecule has 0 aromatic carbocycles. The zero-order valence-corrected chi connectivity index (χ0v) is 21.6. The van der Waals surface area contributed by atoms with Gasteiger partial charge in [0.25, 0.3) is 5.91 Å². The lowest BCUT2D eigenvalue weighted by Crippen LogP contribution is -2.42. The molecule has 178 valence electrons. The number of likely N-dealkylation sites (N-methyl/N-ethyl adjacent to an activating group) is 2. The summed E-state index contributed by atoms with van der Waals surface area (Å²) in [6.07, 6.45) is 18.4. The molecule has 0 aromatic rings. The Morgan fingerprint density at radius 3 is 2.41 bits per heavy atom. The van der Waals surface area contributed by atoms with Crippen LogP contribution in [0.3, 0.4) is 0 Å². The van der Waals surface area contributed by atoms with Crippen LogP contribution >= 0.6 is 0 Å². The summed E-state index contributed by atoms with van der Waals surface area (Å²) in [7, 11) is 2.39. The van der Waals surface area contributed by atoms with E-state index in [-0.39, 0.29) is 11.3 Å². The van der Waals surface area contributed by atoms with Gasteiger partial charge < -0.3 is 4.90 Å². The number of carbonyl (C=O) groups is 1. The Kier molecular flexibility index (Phi) is 10.3. The van der Waals surface area contributed by atoms with E-state index in [0.29, 0.717) is 17.1 Å². The standard InChI is InChI=1S/C26H41N3O2S/c1-7-16-26(17-8-2,23-14-12-10-9-11-13-15-23)20-21(3)27-24(30)22(4)25-28(5)18-19-29(6)32(25)31/h10,12-15H,7-9,11,16-20H2,1-6H3/b12-10?,15-13-,23-14+,25-22+,27-21?. The van der Waals surface area contributed by atoms with E-state index in [1.165, 1.54) is 5.57 Å². The molecular formula is C26H41N3O2S. The summed E-state index contributed by atoms with van der Waals surface area (Å²) < 4.78 is 14.5. The van der Waals surface area contributed by atoms with Crippen LogP contribution in [0.25, 0.3) is 0 Å². The minimum atomic E-state index is -1.33. The molecule has 1 saturated heterocycles. The summed E-state index contributed by atoms with van der Waals surface area (Å²) in [4.78, 5) is 19.5. The second-order valence-corrected chi connectivity index (χ2v) is 10.6. The highest BCUT2D eigenvalue weighted by molar-refractivity contribution is 7.86. The number of hydrogen-bond acceptors (Lipinski definition) is 3. The topological polar surface area (TPSA) is 53.0 Å². The van der Waals surface area contributed by atoms with E-state index in [2.05, 4.69) is 49.2 Å². The Morgan fingerprint density at radius 1 is 1.09 bits per heavy atom. The molecule has 0 bridgehead atoms. The Labute approximate surface area is 197 Å². The SMILES string of the molecule is CCCC(CCC)(CC(C)=NC(=O)/C(C)=C1\N(C)CCN(C)S1=O)C1=C/C=CCC/C=C\1. The third-order valence-corrected chi connectivity index (χ3v) is 8.05. The van der Waals surface area contributed by atoms with Gasteiger partial charge in [0.05, 0.1) is 5.57 Å². The van der Waals surface area contributed by atoms with Gasteiger partial charge in [-0.2, -0.15) is 0 Å². The number of allylic oxidation sites excluding steroid dienone is 6. The molecule has 2 aliphatic rings. The minimum absolute atomic E-state index is 0.0265. The van der Waals surface area contributed by atoms with Gasteiger partial charge in [0.15, 0.2) is 0 Å². The van der Waals surface area contributed by atoms with Crippen LogP contribution in [0, 0.1) is 5.41 Å². The summed E-state index contributed by atoms with van der Waals surface area (Å²) in [6.45, 7) is 9.62. The van der Waals surface area contributed by atoms with Crippen molar-refractivity contribution in [2.75, 3.05) is 27.2 Å². The van der Waals surface area contributed by atoms with E-state index in [1.807, 2.05) is 25.9 Å². The zero-order valence-electron chi connectivity index (χ0n) is 20.8. The first-order chi connectivity index (χ1) is 15.3. The average molecular weight is 460 g/mol. The molecule has 32 heavy (non-hydrogen) atoms. The van der Waals surface area contributed by atoms with Crippen LogP contribution in [0.5, 0.6) is 0 Å². The smallest absolute Gasteiger partial charge is 0.275 e. The Morgan fingerprint density at radius 2 is 1.75 bits per heavy atom. The van der Waals surface area contributed by atoms with Crippen LogP contribution in [0.2, 0.25) is 0 Å². The van der Waals surface area contributed by atoms with E-state index < -0.39 is 11.0 Å². The number of rotatable bonds is 8. The van der Waals surface area contributed by atoms with Gasteiger partial charge in [-0.15, -0.1) is 0 Å². The van der Waals surface area contributed by atoms with Gasteiger partial charge in [-0.25, -0.2) is 13.5 Å². The predicted molar refractivity (Wildman–Crippen MR) is 137 cm³/mol. The normalized spacial score (nSPS) is 25.1. The average Bonchev–Trinajstić information content (AvgIpc) is 2.70. The highest BCUT2D eigenvalue weighted by atomic mass is 32.2. The highest BCUT2D eigenvalue weighted by Crippen LogP contribution is 2.43. The van der Waals surface area contributed by atoms with Crippen molar-refractivity contribution in [3.8, 4) is 0 Å². The maximum atomic E-state index is 13.1. The minimum Gasteiger partial charge on any atom is -0.365 e. The lowest BCUT2D eigenvalue weighted by molar-refractivity contribution is -0.114. The second-order valence-electron chi connectivity index (χ2n) is 9.09. The third kappa shape index (κ3) is 6.61. The monoisotopic (exact) mass is 459 g/mol. The molecule has 1 fully saturated rings. The maximum absolute atomic E-state index is 13.1. The molecular weight excluding hydrogens is 418 g/mol. The van der Waals surface area contributed by atoms with Crippen molar-refractivity contribution in [3.63, 3.8) is 0 Å². The first kappa shape index (κ1) is 26.5. The first-order valence-electron chi connectivity index (χ1n) is 11.9. The van der Waals surface area contributed by atoms with E-state index in [9.17, 15) is 9.00 Å². The molecule has 0 aromatic heterocycles. The predicted octanol–water partition coefficient (Wildman–Crippen LogP) is 5.56. The molecule has 1 amide bonds. The number of nitrogens with zero attached hydrogens (tertiary/aromatic N) is 3. The van der Waals surface area contributed by atoms with Crippen molar-refractivity contribution in [2.24, 2.45) is 10.4 Å². The largest absolute Gasteiger partial charge is 0.365 e. The zero-order chi connectivity index (χ0) is 23.7. The van der Waals surface area contributed by atoms with Gasteiger partial charge in [-0.1, -0.05) is 57.1 Å². The summed E-state index contributed by atoms with van der Waals surface area (Å²) in [5, 5.41) is 0.574. The molecule has 0 saturated carbocycles. The molecule has 1 aliphatic carbocycles. The fourth-order valence-electron chi connectivity index (χ4n) is 4.78. The number of amides is 1. The van der Waals surface area contributed by atoms with Crippen molar-refractivity contribution >= 4 is 22.6 Å². The molecule has 2 rings (SSSR count). The summed E-state index contributed by atoms with van der Waals surface area (Å²) in [5.41, 5.74) is 2.63. The van der Waals surface area contributed by atoms with Crippen LogP contribution in [0.4, 0.5) is 0 Å². The molecule has 0 spiro atoms. The molecule has 6 heteroatoms. The third-order valence-electron chi connectivity index (χ3n) is 6.35. The van der Waals surface area contributed by atoms with Crippen LogP contribution in [-0.4, -0.2) is 52.2 Å². The van der Waals surface area contributed by atoms with Gasteiger partial charge >= 0.3 is 0 Å². The van der Waals surface area contributed by atoms with Crippen LogP contribution in [0.1, 0.15) is 72.6 Å². The summed E-state index contributed by atoms with van der Waals surface area (Å²) >= 11 is 0. The van der Waals surface area contributed by atoms with Crippen molar-refractivity contribution in [1.29, 1.82) is 0 Å². The fourth-order valence-corrected chi connectivity index (χ4v) is 6.03. The quantitative estimate of drug-likeness (QED) is 0.353. The molecule has 1 unspecified atom stereocenters. The summed E-state index contributed by atoms with van der Waals surface area (Å²) in [6, 6.07) is 0. The Balaban J connectivity index is 2.37. The number of hydrogen-bond donors (Lipinski definition) is 0. The van der Waals surface area contributed by atoms with Crippen molar-refractivity contribution in [3.05, 3.63) is 46.6 Å². The summed E-state index contributed by atoms with van der Waals surface area (Å²) in [5.74, 6) is -0.281. The molecule has 5 nitrogen and oxygen atoms in total. The molecule has 1 heterocycles. The van der Waals surface area contributed by atoms with Crippen LogP contribution in [0.15, 0.2) is 51.5 Å². The fraction of sp³-hybridized carbons (Fsp3) is 0.615. The molecule has 1 atom stereocenters. The molecule has 0 N–H and O–H groups in total. The van der Waals surface area contributed by atoms with Crippen molar-refractivity contribution < 1.29 is 9.00 Å². The van der Waals surface area contributed by atoms with Gasteiger partial charge in [-0.3, -0.25) is 4.79 Å². The molecule has 0 radical (unpaired) electrons. The lowest BCUT2D eigenvalue weighted by atomic mass is 9.69. The second kappa shape index (κ2) is 12.4. The van der Waals surface area contributed by atoms with E-state index in [4.69, 9.17) is 0 Å². The van der Waals surface area contributed by atoms with Gasteiger partial charge in [0.1, 0.15) is 16.0 Å². The number of carbonyl (C=O) groups excluding carboxylic acids is 1. The first-order valence-corrected chi connectivity index (χ1v) is 13.0. The Bertz CT molecular complexity index is 845. The van der Waals surface area contributed by atoms with Crippen LogP contribution in [-0.2, 0) is 15.8 Å². The number of aliphatic imine (C=N–C) groups is 1. The van der Waals surface area contributed by atoms with E-state index in [1.54, 1.807) is 11.2 Å². The van der Waals surface area contributed by atoms with Crippen molar-refractivity contribution in [1.82, 2.24) is 9.21 Å². The van der Waals surface area contributed by atoms with Gasteiger partial charge in [0.2, 0.25) is 0 Å². The van der Waals surface area contributed by atoms with E-state index in [0.717, 1.165) is 57.2 Å². The van der Waals surface area contributed by atoms with Crippen molar-refractivity contribution in [2.45, 2.75) is 72.6 Å². The highest BCUT2D eigenvalue weighted by Gasteiger charge is 2.33. The van der Waals surface area contributed by atoms with Gasteiger partial charge in [0, 0.05) is 38.3 Å². The van der Waals surface area contributed by atoms with Gasteiger partial charge in [-0.05, 0) is 51.5 Å². The van der Waals surface area contributed by atoms with Crippen LogP contribution < -0.4 is 0 Å².